The van der Waals surface area contributed by atoms with Crippen molar-refractivity contribution in [1.29, 1.82) is 0 Å². The summed E-state index contributed by atoms with van der Waals surface area (Å²) >= 11 is 0. The van der Waals surface area contributed by atoms with Gasteiger partial charge in [-0.15, -0.1) is 0 Å². The molecule has 1 aliphatic rings. The van der Waals surface area contributed by atoms with Gasteiger partial charge in [0.05, 0.1) is 12.4 Å². The molecule has 1 saturated heterocycles. The van der Waals surface area contributed by atoms with Crippen molar-refractivity contribution in [3.63, 3.8) is 0 Å². The van der Waals surface area contributed by atoms with Gasteiger partial charge in [-0.1, -0.05) is 6.92 Å². The van der Waals surface area contributed by atoms with E-state index >= 15 is 0 Å². The third-order valence-corrected chi connectivity index (χ3v) is 4.02. The number of likely N-dealkylation sites (tertiary alicyclic amines) is 1. The normalized spacial score (nSPS) is 25.7. The zero-order chi connectivity index (χ0) is 11.5. The second-order valence-corrected chi connectivity index (χ2v) is 6.86. The number of hydrogen-bond donors (Lipinski definition) is 1. The first kappa shape index (κ1) is 12.9. The largest absolute Gasteiger partial charge is 0.395 e. The molecule has 1 heterocycles. The summed E-state index contributed by atoms with van der Waals surface area (Å²) in [7, 11) is -2.88. The predicted octanol–water partition coefficient (Wildman–Crippen LogP) is 0.124. The van der Waals surface area contributed by atoms with Crippen LogP contribution in [0.4, 0.5) is 0 Å². The fraction of sp³-hybridized carbons (Fsp3) is 1.00. The summed E-state index contributed by atoms with van der Waals surface area (Å²) in [6.45, 7) is 3.90. The van der Waals surface area contributed by atoms with Crippen molar-refractivity contribution in [3.8, 4) is 0 Å². The maximum atomic E-state index is 11.1. The van der Waals surface area contributed by atoms with Crippen molar-refractivity contribution in [1.82, 2.24) is 4.90 Å². The molecule has 5 heteroatoms. The molecule has 2 atom stereocenters. The van der Waals surface area contributed by atoms with E-state index in [1.54, 1.807) is 0 Å². The van der Waals surface area contributed by atoms with E-state index < -0.39 is 9.84 Å². The summed E-state index contributed by atoms with van der Waals surface area (Å²) in [4.78, 5) is 2.20. The van der Waals surface area contributed by atoms with Crippen molar-refractivity contribution in [2.75, 3.05) is 31.7 Å². The molecule has 0 bridgehead atoms. The van der Waals surface area contributed by atoms with Crippen LogP contribution in [0.3, 0.4) is 0 Å². The van der Waals surface area contributed by atoms with E-state index in [-0.39, 0.29) is 24.3 Å². The molecule has 0 radical (unpaired) electrons. The van der Waals surface area contributed by atoms with Gasteiger partial charge in [-0.2, -0.15) is 0 Å². The molecular weight excluding hydrogens is 214 g/mol. The van der Waals surface area contributed by atoms with Crippen LogP contribution in [-0.4, -0.2) is 56.2 Å². The third kappa shape index (κ3) is 4.49. The van der Waals surface area contributed by atoms with Crippen LogP contribution in [-0.2, 0) is 9.84 Å². The fourth-order valence-corrected chi connectivity index (χ4v) is 3.45. The number of rotatable bonds is 5. The van der Waals surface area contributed by atoms with Crippen LogP contribution in [0.1, 0.15) is 19.8 Å². The van der Waals surface area contributed by atoms with Crippen LogP contribution < -0.4 is 0 Å². The molecule has 0 amide bonds. The van der Waals surface area contributed by atoms with Crippen LogP contribution in [0, 0.1) is 5.92 Å². The van der Waals surface area contributed by atoms with Crippen molar-refractivity contribution < 1.29 is 13.5 Å². The SMILES string of the molecule is CC(CN1CCC[C@@H]1CO)CS(C)(=O)=O. The first-order valence-electron chi connectivity index (χ1n) is 5.45. The van der Waals surface area contributed by atoms with E-state index in [4.69, 9.17) is 5.11 Å². The molecule has 0 aromatic heterocycles. The molecular formula is C10H21NO3S. The molecule has 0 aromatic rings. The molecule has 0 saturated carbocycles. The molecule has 0 spiro atoms. The Morgan fingerprint density at radius 2 is 2.20 bits per heavy atom. The number of aliphatic hydroxyl groups excluding tert-OH is 1. The first-order valence-corrected chi connectivity index (χ1v) is 7.51. The Bertz CT molecular complexity index is 289. The number of nitrogens with zero attached hydrogens (tertiary/aromatic N) is 1. The maximum Gasteiger partial charge on any atom is 0.147 e. The number of hydrogen-bond acceptors (Lipinski definition) is 4. The summed E-state index contributed by atoms with van der Waals surface area (Å²) in [5.41, 5.74) is 0. The molecule has 4 nitrogen and oxygen atoms in total. The standard InChI is InChI=1S/C10H21NO3S/c1-9(8-15(2,13)14)6-11-5-3-4-10(11)7-12/h9-10,12H,3-8H2,1-2H3/t9?,10-/m1/s1. The van der Waals surface area contributed by atoms with Gasteiger partial charge in [0.2, 0.25) is 0 Å². The minimum absolute atomic E-state index is 0.146. The van der Waals surface area contributed by atoms with E-state index in [2.05, 4.69) is 4.90 Å². The molecule has 15 heavy (non-hydrogen) atoms. The van der Waals surface area contributed by atoms with Crippen LogP contribution in [0.5, 0.6) is 0 Å². The minimum atomic E-state index is -2.88. The Morgan fingerprint density at radius 3 is 2.73 bits per heavy atom. The van der Waals surface area contributed by atoms with Crippen LogP contribution in [0.25, 0.3) is 0 Å². The molecule has 0 aromatic carbocycles. The average Bonchev–Trinajstić information content (AvgIpc) is 2.48. The van der Waals surface area contributed by atoms with Gasteiger partial charge >= 0.3 is 0 Å². The predicted molar refractivity (Wildman–Crippen MR) is 60.6 cm³/mol. The Labute approximate surface area is 92.2 Å². The highest BCUT2D eigenvalue weighted by atomic mass is 32.2. The van der Waals surface area contributed by atoms with Crippen molar-refractivity contribution in [3.05, 3.63) is 0 Å². The van der Waals surface area contributed by atoms with Gasteiger partial charge in [0.1, 0.15) is 9.84 Å². The van der Waals surface area contributed by atoms with Gasteiger partial charge < -0.3 is 5.11 Å². The molecule has 1 unspecified atom stereocenters. The highest BCUT2D eigenvalue weighted by molar-refractivity contribution is 7.90. The minimum Gasteiger partial charge on any atom is -0.395 e. The lowest BCUT2D eigenvalue weighted by molar-refractivity contribution is 0.148. The first-order chi connectivity index (χ1) is 6.92. The highest BCUT2D eigenvalue weighted by Crippen LogP contribution is 2.18. The van der Waals surface area contributed by atoms with Crippen LogP contribution >= 0.6 is 0 Å². The quantitative estimate of drug-likeness (QED) is 0.735. The van der Waals surface area contributed by atoms with E-state index in [9.17, 15) is 8.42 Å². The van der Waals surface area contributed by atoms with Gasteiger partial charge in [0, 0.05) is 18.8 Å². The summed E-state index contributed by atoms with van der Waals surface area (Å²) in [6, 6.07) is 0.243. The lowest BCUT2D eigenvalue weighted by Crippen LogP contribution is -2.37. The molecule has 90 valence electrons. The zero-order valence-electron chi connectivity index (χ0n) is 9.52. The third-order valence-electron chi connectivity index (χ3n) is 2.84. The van der Waals surface area contributed by atoms with Gasteiger partial charge in [-0.3, -0.25) is 4.90 Å². The van der Waals surface area contributed by atoms with E-state index in [0.29, 0.717) is 0 Å². The average molecular weight is 235 g/mol. The van der Waals surface area contributed by atoms with Crippen molar-refractivity contribution in [2.24, 2.45) is 5.92 Å². The van der Waals surface area contributed by atoms with Crippen molar-refractivity contribution in [2.45, 2.75) is 25.8 Å². The van der Waals surface area contributed by atoms with Gasteiger partial charge in [0.25, 0.3) is 0 Å². The summed E-state index contributed by atoms with van der Waals surface area (Å²) in [5, 5.41) is 9.12. The van der Waals surface area contributed by atoms with Crippen molar-refractivity contribution >= 4 is 9.84 Å². The van der Waals surface area contributed by atoms with E-state index in [1.165, 1.54) is 6.26 Å². The molecule has 1 N–H and O–H groups in total. The van der Waals surface area contributed by atoms with Gasteiger partial charge in [0.15, 0.2) is 0 Å². The highest BCUT2D eigenvalue weighted by Gasteiger charge is 2.25. The van der Waals surface area contributed by atoms with Gasteiger partial charge in [-0.05, 0) is 25.3 Å². The second kappa shape index (κ2) is 5.27. The summed E-state index contributed by atoms with van der Waals surface area (Å²) in [6.07, 6.45) is 3.41. The Balaban J connectivity index is 2.40. The smallest absolute Gasteiger partial charge is 0.147 e. The molecule has 0 aliphatic carbocycles. The van der Waals surface area contributed by atoms with Crippen LogP contribution in [0.2, 0.25) is 0 Å². The molecule has 1 rings (SSSR count). The Kier molecular flexibility index (Phi) is 4.55. The fourth-order valence-electron chi connectivity index (χ4n) is 2.31. The molecule has 1 aliphatic heterocycles. The maximum absolute atomic E-state index is 11.1. The lowest BCUT2D eigenvalue weighted by Gasteiger charge is -2.25. The zero-order valence-corrected chi connectivity index (χ0v) is 10.3. The number of aliphatic hydroxyl groups is 1. The van der Waals surface area contributed by atoms with Crippen LogP contribution in [0.15, 0.2) is 0 Å². The number of sulfone groups is 1. The monoisotopic (exact) mass is 235 g/mol. The Morgan fingerprint density at radius 1 is 1.53 bits per heavy atom. The summed E-state index contributed by atoms with van der Waals surface area (Å²) < 4.78 is 22.2. The van der Waals surface area contributed by atoms with Gasteiger partial charge in [-0.25, -0.2) is 8.42 Å². The topological polar surface area (TPSA) is 57.6 Å². The lowest BCUT2D eigenvalue weighted by atomic mass is 10.2. The van der Waals surface area contributed by atoms with E-state index in [0.717, 1.165) is 25.9 Å². The summed E-state index contributed by atoms with van der Waals surface area (Å²) in [5.74, 6) is 0.383. The molecule has 1 fully saturated rings. The Hall–Kier alpha value is -0.130. The van der Waals surface area contributed by atoms with E-state index in [1.807, 2.05) is 6.92 Å². The second-order valence-electron chi connectivity index (χ2n) is 4.67.